The Morgan fingerprint density at radius 1 is 1.05 bits per heavy atom. The molecule has 19 heavy (non-hydrogen) atoms. The van der Waals surface area contributed by atoms with Crippen LogP contribution >= 0.6 is 23.2 Å². The van der Waals surface area contributed by atoms with Gasteiger partial charge < -0.3 is 0 Å². The van der Waals surface area contributed by atoms with E-state index < -0.39 is 5.82 Å². The molecule has 0 unspecified atom stereocenters. The van der Waals surface area contributed by atoms with Crippen molar-refractivity contribution in [3.8, 4) is 11.4 Å². The first kappa shape index (κ1) is 12.8. The Hall–Kier alpha value is -1.19. The third-order valence-corrected chi connectivity index (χ3v) is 3.91. The van der Waals surface area contributed by atoms with Crippen LogP contribution in [0, 0.1) is 5.82 Å². The molecule has 2 nitrogen and oxygen atoms in total. The van der Waals surface area contributed by atoms with Gasteiger partial charge in [0.05, 0.1) is 5.02 Å². The van der Waals surface area contributed by atoms with E-state index in [0.29, 0.717) is 16.5 Å². The SMILES string of the molecule is Fc1ccc(-c2nc(Cl)c3c(n2)CCCC3)cc1Cl. The van der Waals surface area contributed by atoms with E-state index in [1.54, 1.807) is 6.07 Å². The molecule has 0 atom stereocenters. The molecular weight excluding hydrogens is 286 g/mol. The van der Waals surface area contributed by atoms with Crippen LogP contribution in [0.25, 0.3) is 11.4 Å². The number of rotatable bonds is 1. The van der Waals surface area contributed by atoms with Crippen molar-refractivity contribution in [2.24, 2.45) is 0 Å². The van der Waals surface area contributed by atoms with Crippen molar-refractivity contribution in [3.63, 3.8) is 0 Å². The summed E-state index contributed by atoms with van der Waals surface area (Å²) in [5.74, 6) is 0.0574. The fraction of sp³-hybridized carbons (Fsp3) is 0.286. The number of halogens is 3. The van der Waals surface area contributed by atoms with Crippen LogP contribution in [0.15, 0.2) is 18.2 Å². The highest BCUT2D eigenvalue weighted by Gasteiger charge is 2.17. The van der Waals surface area contributed by atoms with Crippen LogP contribution in [0.2, 0.25) is 10.2 Å². The first-order valence-electron chi connectivity index (χ1n) is 6.16. The molecule has 0 bridgehead atoms. The Bertz CT molecular complexity index is 644. The highest BCUT2D eigenvalue weighted by molar-refractivity contribution is 6.31. The lowest BCUT2D eigenvalue weighted by atomic mass is 9.97. The van der Waals surface area contributed by atoms with Crippen LogP contribution in [-0.2, 0) is 12.8 Å². The fourth-order valence-electron chi connectivity index (χ4n) is 2.31. The molecule has 3 rings (SSSR count). The van der Waals surface area contributed by atoms with Gasteiger partial charge in [0.25, 0.3) is 0 Å². The molecule has 0 saturated carbocycles. The lowest BCUT2D eigenvalue weighted by molar-refractivity contribution is 0.628. The van der Waals surface area contributed by atoms with Crippen molar-refractivity contribution in [3.05, 3.63) is 45.4 Å². The van der Waals surface area contributed by atoms with Gasteiger partial charge in [-0.2, -0.15) is 0 Å². The Balaban J connectivity index is 2.10. The van der Waals surface area contributed by atoms with E-state index in [9.17, 15) is 4.39 Å². The largest absolute Gasteiger partial charge is 0.233 e. The monoisotopic (exact) mass is 296 g/mol. The number of aromatic nitrogens is 2. The minimum Gasteiger partial charge on any atom is -0.233 e. The van der Waals surface area contributed by atoms with Gasteiger partial charge in [0.1, 0.15) is 11.0 Å². The van der Waals surface area contributed by atoms with E-state index in [0.717, 1.165) is 36.9 Å². The molecule has 2 aromatic rings. The lowest BCUT2D eigenvalue weighted by Gasteiger charge is -2.16. The second-order valence-corrected chi connectivity index (χ2v) is 5.36. The smallest absolute Gasteiger partial charge is 0.161 e. The summed E-state index contributed by atoms with van der Waals surface area (Å²) in [6, 6.07) is 4.45. The van der Waals surface area contributed by atoms with Crippen LogP contribution < -0.4 is 0 Å². The summed E-state index contributed by atoms with van der Waals surface area (Å²) in [5.41, 5.74) is 2.73. The van der Waals surface area contributed by atoms with Crippen molar-refractivity contribution < 1.29 is 4.39 Å². The summed E-state index contributed by atoms with van der Waals surface area (Å²) >= 11 is 12.0. The third-order valence-electron chi connectivity index (χ3n) is 3.31. The standard InChI is InChI=1S/C14H11Cl2FN2/c15-10-7-8(5-6-11(10)17)14-18-12-4-2-1-3-9(12)13(16)19-14/h5-7H,1-4H2. The van der Waals surface area contributed by atoms with Gasteiger partial charge in [-0.3, -0.25) is 0 Å². The zero-order valence-corrected chi connectivity index (χ0v) is 11.6. The zero-order valence-electron chi connectivity index (χ0n) is 10.1. The Kier molecular flexibility index (Phi) is 3.42. The van der Waals surface area contributed by atoms with Crippen molar-refractivity contribution in [1.29, 1.82) is 0 Å². The molecule has 1 aromatic carbocycles. The summed E-state index contributed by atoms with van der Waals surface area (Å²) in [5, 5.41) is 0.565. The van der Waals surface area contributed by atoms with Gasteiger partial charge in [0, 0.05) is 16.8 Å². The molecule has 0 fully saturated rings. The van der Waals surface area contributed by atoms with Crippen LogP contribution in [0.5, 0.6) is 0 Å². The second kappa shape index (κ2) is 5.06. The average Bonchev–Trinajstić information content (AvgIpc) is 2.42. The maximum absolute atomic E-state index is 13.2. The van der Waals surface area contributed by atoms with Gasteiger partial charge in [-0.05, 0) is 43.9 Å². The summed E-state index contributed by atoms with van der Waals surface area (Å²) in [7, 11) is 0. The van der Waals surface area contributed by atoms with Crippen molar-refractivity contribution in [2.75, 3.05) is 0 Å². The van der Waals surface area contributed by atoms with E-state index >= 15 is 0 Å². The maximum Gasteiger partial charge on any atom is 0.161 e. The summed E-state index contributed by atoms with van der Waals surface area (Å²) < 4.78 is 13.2. The fourth-order valence-corrected chi connectivity index (χ4v) is 2.78. The highest BCUT2D eigenvalue weighted by Crippen LogP contribution is 2.29. The maximum atomic E-state index is 13.2. The minimum absolute atomic E-state index is 0.0648. The molecule has 98 valence electrons. The number of hydrogen-bond donors (Lipinski definition) is 0. The van der Waals surface area contributed by atoms with E-state index in [4.69, 9.17) is 23.2 Å². The molecule has 1 aliphatic rings. The quantitative estimate of drug-likeness (QED) is 0.726. The van der Waals surface area contributed by atoms with E-state index in [-0.39, 0.29) is 5.02 Å². The summed E-state index contributed by atoms with van der Waals surface area (Å²) in [4.78, 5) is 8.84. The van der Waals surface area contributed by atoms with Gasteiger partial charge in [-0.1, -0.05) is 23.2 Å². The third kappa shape index (κ3) is 2.45. The van der Waals surface area contributed by atoms with Gasteiger partial charge in [-0.25, -0.2) is 14.4 Å². The number of hydrogen-bond acceptors (Lipinski definition) is 2. The molecule has 5 heteroatoms. The minimum atomic E-state index is -0.450. The summed E-state index contributed by atoms with van der Waals surface area (Å²) in [6.07, 6.45) is 4.08. The van der Waals surface area contributed by atoms with Crippen LogP contribution in [0.3, 0.4) is 0 Å². The predicted molar refractivity (Wildman–Crippen MR) is 74.1 cm³/mol. The Morgan fingerprint density at radius 2 is 1.84 bits per heavy atom. The van der Waals surface area contributed by atoms with Crippen molar-refractivity contribution in [1.82, 2.24) is 9.97 Å². The normalized spacial score (nSPS) is 14.3. The molecule has 1 aromatic heterocycles. The molecule has 0 aliphatic heterocycles. The van der Waals surface area contributed by atoms with Gasteiger partial charge in [0.15, 0.2) is 5.82 Å². The van der Waals surface area contributed by atoms with E-state index in [2.05, 4.69) is 9.97 Å². The van der Waals surface area contributed by atoms with E-state index in [1.165, 1.54) is 12.1 Å². The van der Waals surface area contributed by atoms with Crippen LogP contribution in [0.1, 0.15) is 24.1 Å². The number of nitrogens with zero attached hydrogens (tertiary/aromatic N) is 2. The molecule has 0 N–H and O–H groups in total. The van der Waals surface area contributed by atoms with Gasteiger partial charge >= 0.3 is 0 Å². The number of aryl methyl sites for hydroxylation is 1. The summed E-state index contributed by atoms with van der Waals surface area (Å²) in [6.45, 7) is 0. The number of fused-ring (bicyclic) bond motifs is 1. The first-order chi connectivity index (χ1) is 9.15. The van der Waals surface area contributed by atoms with Crippen LogP contribution in [-0.4, -0.2) is 9.97 Å². The molecule has 0 radical (unpaired) electrons. The predicted octanol–water partition coefficient (Wildman–Crippen LogP) is 4.47. The van der Waals surface area contributed by atoms with Gasteiger partial charge in [-0.15, -0.1) is 0 Å². The Morgan fingerprint density at radius 3 is 2.63 bits per heavy atom. The molecule has 0 spiro atoms. The second-order valence-electron chi connectivity index (χ2n) is 4.60. The molecule has 1 aliphatic carbocycles. The van der Waals surface area contributed by atoms with Crippen molar-refractivity contribution in [2.45, 2.75) is 25.7 Å². The van der Waals surface area contributed by atoms with Crippen LogP contribution in [0.4, 0.5) is 4.39 Å². The first-order valence-corrected chi connectivity index (χ1v) is 6.91. The lowest BCUT2D eigenvalue weighted by Crippen LogP contribution is -2.08. The number of benzene rings is 1. The zero-order chi connectivity index (χ0) is 13.4. The van der Waals surface area contributed by atoms with Gasteiger partial charge in [0.2, 0.25) is 0 Å². The molecule has 0 saturated heterocycles. The molecular formula is C14H11Cl2FN2. The Labute approximate surface area is 120 Å². The van der Waals surface area contributed by atoms with E-state index in [1.807, 2.05) is 0 Å². The molecule has 1 heterocycles. The highest BCUT2D eigenvalue weighted by atomic mass is 35.5. The molecule has 0 amide bonds. The topological polar surface area (TPSA) is 25.8 Å². The van der Waals surface area contributed by atoms with Crippen molar-refractivity contribution >= 4 is 23.2 Å². The average molecular weight is 297 g/mol.